The molecule has 0 aromatic heterocycles. The number of rotatable bonds is 43. The Balaban J connectivity index is 4.44. The number of hydrogen-bond donors (Lipinski definition) is 1. The van der Waals surface area contributed by atoms with E-state index in [0.717, 1.165) is 83.5 Å². The van der Waals surface area contributed by atoms with Gasteiger partial charge in [0.1, 0.15) is 6.61 Å². The van der Waals surface area contributed by atoms with E-state index in [1.807, 2.05) is 21.1 Å². The Labute approximate surface area is 386 Å². The van der Waals surface area contributed by atoms with Gasteiger partial charge in [-0.1, -0.05) is 169 Å². The molecule has 0 aliphatic rings. The van der Waals surface area contributed by atoms with Crippen molar-refractivity contribution in [3.63, 3.8) is 0 Å². The van der Waals surface area contributed by atoms with Gasteiger partial charge in [0.25, 0.3) is 0 Å². The van der Waals surface area contributed by atoms with Gasteiger partial charge in [-0.05, 0) is 89.9 Å². The SMILES string of the molecule is CCCCC/C=C/C/C=C/C/C=C/C/C=C/C/C=C/CCCCC(=O)OC(COCCC(C(=O)O)[N+](C)(C)C)COC(=O)CCCCCCC/C=C/C=C/C=C/CCCCCCC. The number of carboxylic acids is 1. The van der Waals surface area contributed by atoms with Gasteiger partial charge in [-0.2, -0.15) is 0 Å². The molecule has 0 saturated carbocycles. The van der Waals surface area contributed by atoms with Crippen molar-refractivity contribution in [2.24, 2.45) is 0 Å². The number of carbonyl (C=O) groups excluding carboxylic acids is 2. The molecule has 0 spiro atoms. The van der Waals surface area contributed by atoms with E-state index in [0.29, 0.717) is 19.3 Å². The van der Waals surface area contributed by atoms with Crippen LogP contribution in [0, 0.1) is 0 Å². The lowest BCUT2D eigenvalue weighted by Crippen LogP contribution is -2.50. The highest BCUT2D eigenvalue weighted by Crippen LogP contribution is 2.12. The number of carboxylic acid groups (broad SMARTS) is 1. The van der Waals surface area contributed by atoms with Crippen LogP contribution in [0.1, 0.15) is 181 Å². The summed E-state index contributed by atoms with van der Waals surface area (Å²) in [7, 11) is 5.50. The van der Waals surface area contributed by atoms with Crippen molar-refractivity contribution in [3.05, 3.63) is 97.2 Å². The van der Waals surface area contributed by atoms with Crippen molar-refractivity contribution >= 4 is 17.9 Å². The van der Waals surface area contributed by atoms with Gasteiger partial charge >= 0.3 is 17.9 Å². The summed E-state index contributed by atoms with van der Waals surface area (Å²) in [6.07, 6.45) is 60.2. The van der Waals surface area contributed by atoms with Crippen LogP contribution in [-0.2, 0) is 28.6 Å². The number of quaternary nitrogens is 1. The standard InChI is InChI=1S/C55H91NO7/c1-6-8-10-12-14-16-18-20-22-24-26-27-28-30-32-34-36-38-40-42-44-46-54(58)63-51(49-61-48-47-52(55(59)60)56(3,4)5)50-62-53(57)45-43-41-39-37-35-33-31-29-25-23-21-19-17-15-13-11-9-7-2/h14,16,19-23,25-27,29-32,36,38,51-52H,6-13,15,17-18,24,28,33-35,37,39-50H2,1-5H3/p+1/b16-14+,21-19+,22-20+,25-23+,27-26+,31-29+,32-30+,38-36+. The Hall–Kier alpha value is -3.75. The first-order valence-corrected chi connectivity index (χ1v) is 24.8. The van der Waals surface area contributed by atoms with Crippen molar-refractivity contribution in [2.45, 2.75) is 193 Å². The molecule has 0 rings (SSSR count). The predicted octanol–water partition coefficient (Wildman–Crippen LogP) is 14.2. The molecular formula is C55H92NO7+. The quantitative estimate of drug-likeness (QED) is 0.0214. The summed E-state index contributed by atoms with van der Waals surface area (Å²) in [5.41, 5.74) is 0. The number of unbranched alkanes of at least 4 members (excludes halogenated alkanes) is 15. The van der Waals surface area contributed by atoms with Gasteiger partial charge in [0.15, 0.2) is 12.1 Å². The van der Waals surface area contributed by atoms with E-state index in [4.69, 9.17) is 14.2 Å². The van der Waals surface area contributed by atoms with Gasteiger partial charge in [0.2, 0.25) is 0 Å². The second-order valence-electron chi connectivity index (χ2n) is 17.4. The lowest BCUT2D eigenvalue weighted by molar-refractivity contribution is -0.887. The first kappa shape index (κ1) is 59.2. The van der Waals surface area contributed by atoms with Crippen molar-refractivity contribution in [2.75, 3.05) is 41.0 Å². The summed E-state index contributed by atoms with van der Waals surface area (Å²) in [6, 6.07) is -0.632. The van der Waals surface area contributed by atoms with Crippen molar-refractivity contribution < 1.29 is 38.2 Å². The molecular weight excluding hydrogens is 787 g/mol. The number of hydrogen-bond acceptors (Lipinski definition) is 6. The van der Waals surface area contributed by atoms with Gasteiger partial charge in [-0.25, -0.2) is 4.79 Å². The fourth-order valence-corrected chi connectivity index (χ4v) is 6.64. The highest BCUT2D eigenvalue weighted by atomic mass is 16.6. The molecule has 0 amide bonds. The highest BCUT2D eigenvalue weighted by molar-refractivity contribution is 5.72. The normalized spacial score (nSPS) is 13.7. The fraction of sp³-hybridized carbons (Fsp3) is 0.655. The third-order valence-corrected chi connectivity index (χ3v) is 10.5. The molecule has 8 heteroatoms. The molecule has 0 bridgehead atoms. The monoisotopic (exact) mass is 879 g/mol. The molecule has 2 unspecified atom stereocenters. The Bertz CT molecular complexity index is 1350. The van der Waals surface area contributed by atoms with Crippen LogP contribution in [0.25, 0.3) is 0 Å². The van der Waals surface area contributed by atoms with Crippen LogP contribution in [0.5, 0.6) is 0 Å². The van der Waals surface area contributed by atoms with Crippen LogP contribution in [0.2, 0.25) is 0 Å². The summed E-state index contributed by atoms with van der Waals surface area (Å²) in [6.45, 7) is 4.61. The zero-order valence-electron chi connectivity index (χ0n) is 40.7. The van der Waals surface area contributed by atoms with Crippen LogP contribution < -0.4 is 0 Å². The summed E-state index contributed by atoms with van der Waals surface area (Å²) < 4.78 is 17.3. The van der Waals surface area contributed by atoms with Gasteiger partial charge in [0, 0.05) is 19.3 Å². The fourth-order valence-electron chi connectivity index (χ4n) is 6.64. The van der Waals surface area contributed by atoms with Crippen LogP contribution in [0.4, 0.5) is 0 Å². The first-order chi connectivity index (χ1) is 30.6. The van der Waals surface area contributed by atoms with Crippen LogP contribution >= 0.6 is 0 Å². The lowest BCUT2D eigenvalue weighted by atomic mass is 10.1. The van der Waals surface area contributed by atoms with E-state index in [1.165, 1.54) is 57.8 Å². The van der Waals surface area contributed by atoms with E-state index < -0.39 is 18.1 Å². The second-order valence-corrected chi connectivity index (χ2v) is 17.4. The van der Waals surface area contributed by atoms with E-state index >= 15 is 0 Å². The van der Waals surface area contributed by atoms with E-state index in [-0.39, 0.29) is 42.7 Å². The smallest absolute Gasteiger partial charge is 0.362 e. The number of esters is 2. The molecule has 0 aliphatic carbocycles. The maximum atomic E-state index is 12.8. The largest absolute Gasteiger partial charge is 0.477 e. The molecule has 0 radical (unpaired) electrons. The molecule has 358 valence electrons. The van der Waals surface area contributed by atoms with Gasteiger partial charge in [0.05, 0.1) is 34.4 Å². The van der Waals surface area contributed by atoms with Crippen LogP contribution in [0.15, 0.2) is 97.2 Å². The Morgan fingerprint density at radius 2 is 0.905 bits per heavy atom. The van der Waals surface area contributed by atoms with E-state index in [9.17, 15) is 19.5 Å². The maximum absolute atomic E-state index is 12.8. The summed E-state index contributed by atoms with van der Waals surface area (Å²) in [4.78, 5) is 37.1. The molecule has 0 aromatic carbocycles. The number of ether oxygens (including phenoxy) is 3. The molecule has 0 fully saturated rings. The molecule has 0 aromatic rings. The number of allylic oxidation sites excluding steroid dienone is 16. The van der Waals surface area contributed by atoms with Gasteiger partial charge in [-0.15, -0.1) is 0 Å². The third-order valence-electron chi connectivity index (χ3n) is 10.5. The molecule has 1 N–H and O–H groups in total. The minimum atomic E-state index is -0.889. The van der Waals surface area contributed by atoms with Crippen molar-refractivity contribution in [1.29, 1.82) is 0 Å². The average molecular weight is 879 g/mol. The molecule has 2 atom stereocenters. The zero-order chi connectivity index (χ0) is 46.3. The lowest BCUT2D eigenvalue weighted by Gasteiger charge is -2.31. The average Bonchev–Trinajstić information content (AvgIpc) is 3.24. The number of aliphatic carboxylic acids is 1. The molecule has 63 heavy (non-hydrogen) atoms. The Kier molecular flexibility index (Phi) is 42.2. The number of nitrogens with zero attached hydrogens (tertiary/aromatic N) is 1. The summed E-state index contributed by atoms with van der Waals surface area (Å²) >= 11 is 0. The van der Waals surface area contributed by atoms with Gasteiger partial charge < -0.3 is 23.8 Å². The minimum Gasteiger partial charge on any atom is -0.477 e. The first-order valence-electron chi connectivity index (χ1n) is 24.8. The molecule has 8 nitrogen and oxygen atoms in total. The highest BCUT2D eigenvalue weighted by Gasteiger charge is 2.31. The molecule has 0 saturated heterocycles. The molecule has 0 heterocycles. The van der Waals surface area contributed by atoms with Crippen LogP contribution in [0.3, 0.4) is 0 Å². The zero-order valence-corrected chi connectivity index (χ0v) is 40.7. The predicted molar refractivity (Wildman–Crippen MR) is 266 cm³/mol. The number of carbonyl (C=O) groups is 3. The van der Waals surface area contributed by atoms with Crippen molar-refractivity contribution in [1.82, 2.24) is 0 Å². The topological polar surface area (TPSA) is 99.1 Å². The van der Waals surface area contributed by atoms with E-state index in [2.05, 4.69) is 111 Å². The summed E-state index contributed by atoms with van der Waals surface area (Å²) in [5, 5.41) is 9.65. The third kappa shape index (κ3) is 43.3. The summed E-state index contributed by atoms with van der Waals surface area (Å²) in [5.74, 6) is -1.56. The van der Waals surface area contributed by atoms with Crippen LogP contribution in [-0.4, -0.2) is 80.6 Å². The Morgan fingerprint density at radius 1 is 0.492 bits per heavy atom. The van der Waals surface area contributed by atoms with Gasteiger partial charge in [-0.3, -0.25) is 9.59 Å². The van der Waals surface area contributed by atoms with Crippen molar-refractivity contribution in [3.8, 4) is 0 Å². The maximum Gasteiger partial charge on any atom is 0.362 e. The second kappa shape index (κ2) is 44.8. The molecule has 0 aliphatic heterocycles. The van der Waals surface area contributed by atoms with E-state index in [1.54, 1.807) is 0 Å². The minimum absolute atomic E-state index is 0.0306. The Morgan fingerprint density at radius 3 is 1.43 bits per heavy atom. The number of likely N-dealkylation sites (N-methyl/N-ethyl adjacent to an activating group) is 1.